The maximum atomic E-state index is 6.22. The van der Waals surface area contributed by atoms with Gasteiger partial charge in [0.25, 0.3) is 0 Å². The number of pyridine rings is 1. The van der Waals surface area contributed by atoms with E-state index in [4.69, 9.17) is 39.5 Å². The number of nitrogens with zero attached hydrogens (tertiary/aromatic N) is 3. The average molecular weight is 382 g/mol. The van der Waals surface area contributed by atoms with Gasteiger partial charge < -0.3 is 10.1 Å². The molecule has 0 aliphatic rings. The zero-order chi connectivity index (χ0) is 17.1. The van der Waals surface area contributed by atoms with Crippen molar-refractivity contribution in [2.45, 2.75) is 0 Å². The molecule has 122 valence electrons. The summed E-state index contributed by atoms with van der Waals surface area (Å²) < 4.78 is 5.20. The smallest absolute Gasteiger partial charge is 0.163 e. The van der Waals surface area contributed by atoms with Gasteiger partial charge in [-0.05, 0) is 18.2 Å². The topological polar surface area (TPSA) is 59.9 Å². The number of anilines is 2. The van der Waals surface area contributed by atoms with E-state index in [1.807, 2.05) is 0 Å². The predicted octanol–water partition coefficient (Wildman–Crippen LogP) is 5.25. The summed E-state index contributed by atoms with van der Waals surface area (Å²) in [6.45, 7) is 0. The van der Waals surface area contributed by atoms with Crippen molar-refractivity contribution in [2.24, 2.45) is 0 Å². The summed E-state index contributed by atoms with van der Waals surface area (Å²) in [5, 5.41) is 4.26. The Morgan fingerprint density at radius 2 is 1.71 bits per heavy atom. The van der Waals surface area contributed by atoms with Gasteiger partial charge in [0, 0.05) is 30.1 Å². The van der Waals surface area contributed by atoms with E-state index in [0.717, 1.165) is 5.56 Å². The third-order valence-electron chi connectivity index (χ3n) is 3.14. The highest BCUT2D eigenvalue weighted by Crippen LogP contribution is 2.35. The van der Waals surface area contributed by atoms with Gasteiger partial charge in [-0.3, -0.25) is 4.98 Å². The Bertz CT molecular complexity index is 875. The van der Waals surface area contributed by atoms with Crippen molar-refractivity contribution in [3.05, 3.63) is 57.9 Å². The minimum atomic E-state index is 0.302. The molecule has 0 fully saturated rings. The molecule has 2 aromatic heterocycles. The molecule has 8 heteroatoms. The molecule has 0 aliphatic heterocycles. The number of nitrogens with one attached hydrogen (secondary N) is 1. The Kier molecular flexibility index (Phi) is 5.04. The van der Waals surface area contributed by atoms with Gasteiger partial charge in [0.05, 0.1) is 22.8 Å². The molecule has 0 saturated heterocycles. The van der Waals surface area contributed by atoms with Crippen molar-refractivity contribution >= 4 is 46.3 Å². The van der Waals surface area contributed by atoms with Gasteiger partial charge in [0.15, 0.2) is 5.82 Å². The molecular formula is C16H11Cl3N4O. The number of hydrogen-bond donors (Lipinski definition) is 1. The molecule has 0 bridgehead atoms. The number of hydrogen-bond acceptors (Lipinski definition) is 5. The van der Waals surface area contributed by atoms with E-state index in [1.54, 1.807) is 42.7 Å². The lowest BCUT2D eigenvalue weighted by Crippen LogP contribution is -1.99. The van der Waals surface area contributed by atoms with Crippen molar-refractivity contribution in [1.29, 1.82) is 0 Å². The Hall–Kier alpha value is -2.08. The lowest BCUT2D eigenvalue weighted by Gasteiger charge is -2.12. The average Bonchev–Trinajstić information content (AvgIpc) is 2.57. The van der Waals surface area contributed by atoms with Crippen LogP contribution in [-0.4, -0.2) is 22.1 Å². The van der Waals surface area contributed by atoms with E-state index in [9.17, 15) is 0 Å². The van der Waals surface area contributed by atoms with Crippen LogP contribution in [0.4, 0.5) is 11.5 Å². The standard InChI is InChI=1S/C16H11Cl3N4O/c1-24-13-7-12(10(17)6-11(13)18)21-15-8-14(19)22-16(23-15)9-2-4-20-5-3-9/h2-8H,1H3,(H,21,22,23). The fourth-order valence-electron chi connectivity index (χ4n) is 2.03. The fraction of sp³-hybridized carbons (Fsp3) is 0.0625. The monoisotopic (exact) mass is 380 g/mol. The van der Waals surface area contributed by atoms with Crippen molar-refractivity contribution in [3.8, 4) is 17.1 Å². The number of ether oxygens (including phenoxy) is 1. The normalized spacial score (nSPS) is 10.5. The Balaban J connectivity index is 1.98. The summed E-state index contributed by atoms with van der Waals surface area (Å²) in [6.07, 6.45) is 3.32. The van der Waals surface area contributed by atoms with Crippen LogP contribution in [0.5, 0.6) is 5.75 Å². The number of aromatic nitrogens is 3. The van der Waals surface area contributed by atoms with Crippen molar-refractivity contribution in [1.82, 2.24) is 15.0 Å². The second-order valence-electron chi connectivity index (χ2n) is 4.73. The molecule has 0 aliphatic carbocycles. The SMILES string of the molecule is COc1cc(Nc2cc(Cl)nc(-c3ccncc3)n2)c(Cl)cc1Cl. The molecule has 5 nitrogen and oxygen atoms in total. The quantitative estimate of drug-likeness (QED) is 0.625. The molecule has 1 N–H and O–H groups in total. The van der Waals surface area contributed by atoms with Crippen LogP contribution in [-0.2, 0) is 0 Å². The first-order valence-electron chi connectivity index (χ1n) is 6.82. The van der Waals surface area contributed by atoms with E-state index in [2.05, 4.69) is 20.3 Å². The highest BCUT2D eigenvalue weighted by Gasteiger charge is 2.11. The molecule has 0 saturated carbocycles. The van der Waals surface area contributed by atoms with Crippen LogP contribution in [0.1, 0.15) is 0 Å². The largest absolute Gasteiger partial charge is 0.495 e. The first-order chi connectivity index (χ1) is 11.6. The highest BCUT2D eigenvalue weighted by molar-refractivity contribution is 6.37. The van der Waals surface area contributed by atoms with Crippen molar-refractivity contribution in [2.75, 3.05) is 12.4 Å². The lowest BCUT2D eigenvalue weighted by molar-refractivity contribution is 0.415. The van der Waals surface area contributed by atoms with Crippen LogP contribution in [0.2, 0.25) is 15.2 Å². The molecule has 0 atom stereocenters. The predicted molar refractivity (Wildman–Crippen MR) is 96.6 cm³/mol. The van der Waals surface area contributed by atoms with Gasteiger partial charge in [-0.2, -0.15) is 0 Å². The van der Waals surface area contributed by atoms with E-state index < -0.39 is 0 Å². The molecule has 2 heterocycles. The number of halogens is 3. The first kappa shape index (κ1) is 16.8. The minimum Gasteiger partial charge on any atom is -0.495 e. The van der Waals surface area contributed by atoms with Crippen LogP contribution >= 0.6 is 34.8 Å². The van der Waals surface area contributed by atoms with Crippen molar-refractivity contribution in [3.63, 3.8) is 0 Å². The second-order valence-corrected chi connectivity index (χ2v) is 5.93. The van der Waals surface area contributed by atoms with Gasteiger partial charge >= 0.3 is 0 Å². The molecule has 24 heavy (non-hydrogen) atoms. The third kappa shape index (κ3) is 3.70. The van der Waals surface area contributed by atoms with Crippen LogP contribution in [0.3, 0.4) is 0 Å². The van der Waals surface area contributed by atoms with E-state index in [-0.39, 0.29) is 0 Å². The molecule has 0 amide bonds. The van der Waals surface area contributed by atoms with Gasteiger partial charge in [-0.1, -0.05) is 34.8 Å². The maximum absolute atomic E-state index is 6.22. The van der Waals surface area contributed by atoms with E-state index >= 15 is 0 Å². The third-order valence-corrected chi connectivity index (χ3v) is 3.94. The number of rotatable bonds is 4. The Labute approximate surface area is 153 Å². The molecule has 3 rings (SSSR count). The Morgan fingerprint density at radius 1 is 0.958 bits per heavy atom. The maximum Gasteiger partial charge on any atom is 0.163 e. The summed E-state index contributed by atoms with van der Waals surface area (Å²) in [5.74, 6) is 1.47. The first-order valence-corrected chi connectivity index (χ1v) is 7.95. The Morgan fingerprint density at radius 3 is 2.42 bits per heavy atom. The lowest BCUT2D eigenvalue weighted by atomic mass is 10.2. The molecule has 3 aromatic rings. The number of benzene rings is 1. The zero-order valence-corrected chi connectivity index (χ0v) is 14.7. The van der Waals surface area contributed by atoms with Crippen molar-refractivity contribution < 1.29 is 4.74 Å². The minimum absolute atomic E-state index is 0.302. The highest BCUT2D eigenvalue weighted by atomic mass is 35.5. The van der Waals surface area contributed by atoms with Crippen LogP contribution in [0.15, 0.2) is 42.7 Å². The molecule has 1 aromatic carbocycles. The van der Waals surface area contributed by atoms with Crippen LogP contribution in [0.25, 0.3) is 11.4 Å². The summed E-state index contributed by atoms with van der Waals surface area (Å²) in [7, 11) is 1.53. The van der Waals surface area contributed by atoms with Gasteiger partial charge in [0.1, 0.15) is 16.7 Å². The molecule has 0 spiro atoms. The molecule has 0 radical (unpaired) electrons. The zero-order valence-electron chi connectivity index (χ0n) is 12.4. The number of methoxy groups -OCH3 is 1. The molecule has 0 unspecified atom stereocenters. The van der Waals surface area contributed by atoms with Gasteiger partial charge in [0.2, 0.25) is 0 Å². The van der Waals surface area contributed by atoms with E-state index in [1.165, 1.54) is 7.11 Å². The summed E-state index contributed by atoms with van der Waals surface area (Å²) >= 11 is 18.4. The summed E-state index contributed by atoms with van der Waals surface area (Å²) in [4.78, 5) is 12.6. The van der Waals surface area contributed by atoms with Gasteiger partial charge in [-0.15, -0.1) is 0 Å². The van der Waals surface area contributed by atoms with Crippen LogP contribution < -0.4 is 10.1 Å². The van der Waals surface area contributed by atoms with Crippen LogP contribution in [0, 0.1) is 0 Å². The van der Waals surface area contributed by atoms with Gasteiger partial charge in [-0.25, -0.2) is 9.97 Å². The second kappa shape index (κ2) is 7.21. The summed E-state index contributed by atoms with van der Waals surface area (Å²) in [5.41, 5.74) is 1.39. The summed E-state index contributed by atoms with van der Waals surface area (Å²) in [6, 6.07) is 8.48. The molecular weight excluding hydrogens is 371 g/mol. The van der Waals surface area contributed by atoms with E-state index in [0.29, 0.717) is 38.3 Å². The fourth-order valence-corrected chi connectivity index (χ4v) is 2.72.